The molecule has 0 radical (unpaired) electrons. The molecule has 0 saturated heterocycles. The van der Waals surface area contributed by atoms with Crippen molar-refractivity contribution in [2.75, 3.05) is 31.5 Å². The second kappa shape index (κ2) is 11.1. The highest BCUT2D eigenvalue weighted by atomic mass is 35.5. The number of fused-ring (bicyclic) bond motifs is 1. The van der Waals surface area contributed by atoms with E-state index in [0.717, 1.165) is 0 Å². The molecular weight excluding hydrogens is 503 g/mol. The number of rotatable bonds is 8. The third-order valence-corrected chi connectivity index (χ3v) is 5.68. The zero-order chi connectivity index (χ0) is 26.5. The molecule has 0 bridgehead atoms. The van der Waals surface area contributed by atoms with Crippen molar-refractivity contribution >= 4 is 45.7 Å². The standard InChI is InChI=1S/C26H22ClFN4O5/c1-32(17-6-4-15(28)5-7-17)23(34)13-22(33)31-16-12-19(27)26(30-14-16)37-20-10-11-29-24-18(20)8-9-21(35-2)25(24)36-3/h4-12,14H,13H2,1-3H3,(H,31,33). The summed E-state index contributed by atoms with van der Waals surface area (Å²) in [5.74, 6) is 0.0729. The van der Waals surface area contributed by atoms with Crippen molar-refractivity contribution < 1.29 is 28.2 Å². The van der Waals surface area contributed by atoms with Crippen molar-refractivity contribution in [1.29, 1.82) is 0 Å². The maximum Gasteiger partial charge on any atom is 0.238 e. The van der Waals surface area contributed by atoms with Crippen LogP contribution in [0.1, 0.15) is 6.42 Å². The smallest absolute Gasteiger partial charge is 0.238 e. The Morgan fingerprint density at radius 1 is 1.03 bits per heavy atom. The molecule has 2 aromatic heterocycles. The SMILES string of the molecule is COc1ccc2c(Oc3ncc(NC(=O)CC(=O)N(C)c4ccc(F)cc4)cc3Cl)ccnc2c1OC. The Balaban J connectivity index is 1.45. The van der Waals surface area contributed by atoms with E-state index in [0.29, 0.717) is 33.8 Å². The maximum atomic E-state index is 13.1. The highest BCUT2D eigenvalue weighted by Gasteiger charge is 2.18. The number of nitrogens with zero attached hydrogens (tertiary/aromatic N) is 3. The molecule has 2 heterocycles. The van der Waals surface area contributed by atoms with E-state index in [2.05, 4.69) is 15.3 Å². The number of anilines is 2. The van der Waals surface area contributed by atoms with Gasteiger partial charge in [-0.1, -0.05) is 11.6 Å². The number of aromatic nitrogens is 2. The molecule has 37 heavy (non-hydrogen) atoms. The van der Waals surface area contributed by atoms with E-state index in [9.17, 15) is 14.0 Å². The molecule has 9 nitrogen and oxygen atoms in total. The minimum absolute atomic E-state index is 0.106. The molecule has 4 rings (SSSR count). The summed E-state index contributed by atoms with van der Waals surface area (Å²) < 4.78 is 29.8. The van der Waals surface area contributed by atoms with Crippen molar-refractivity contribution in [2.24, 2.45) is 0 Å². The van der Waals surface area contributed by atoms with Gasteiger partial charge in [0.05, 0.1) is 26.1 Å². The lowest BCUT2D eigenvalue weighted by molar-refractivity contribution is -0.125. The molecule has 0 aliphatic rings. The van der Waals surface area contributed by atoms with E-state index in [1.165, 1.54) is 62.7 Å². The minimum Gasteiger partial charge on any atom is -0.493 e. The molecule has 0 fully saturated rings. The first-order valence-corrected chi connectivity index (χ1v) is 11.3. The quantitative estimate of drug-likeness (QED) is 0.315. The first-order valence-electron chi connectivity index (χ1n) is 11.0. The van der Waals surface area contributed by atoms with E-state index < -0.39 is 24.1 Å². The van der Waals surface area contributed by atoms with E-state index in [1.54, 1.807) is 24.4 Å². The fourth-order valence-electron chi connectivity index (χ4n) is 3.54. The number of carbonyl (C=O) groups is 2. The van der Waals surface area contributed by atoms with Gasteiger partial charge in [-0.25, -0.2) is 9.37 Å². The molecule has 1 N–H and O–H groups in total. The molecule has 2 aromatic carbocycles. The second-order valence-electron chi connectivity index (χ2n) is 7.77. The number of carbonyl (C=O) groups excluding carboxylic acids is 2. The lowest BCUT2D eigenvalue weighted by Crippen LogP contribution is -2.30. The molecule has 190 valence electrons. The summed E-state index contributed by atoms with van der Waals surface area (Å²) in [5, 5.41) is 3.38. The Kier molecular flexibility index (Phi) is 7.69. The molecule has 0 spiro atoms. The largest absolute Gasteiger partial charge is 0.493 e. The number of halogens is 2. The molecular formula is C26H22ClFN4O5. The van der Waals surface area contributed by atoms with E-state index in [-0.39, 0.29) is 16.6 Å². The van der Waals surface area contributed by atoms with Gasteiger partial charge in [-0.15, -0.1) is 0 Å². The van der Waals surface area contributed by atoms with Gasteiger partial charge in [0.15, 0.2) is 11.5 Å². The number of hydrogen-bond acceptors (Lipinski definition) is 7. The summed E-state index contributed by atoms with van der Waals surface area (Å²) in [6.07, 6.45) is 2.49. The lowest BCUT2D eigenvalue weighted by Gasteiger charge is -2.17. The number of pyridine rings is 2. The van der Waals surface area contributed by atoms with Crippen LogP contribution in [0.25, 0.3) is 10.9 Å². The number of amides is 2. The fourth-order valence-corrected chi connectivity index (χ4v) is 3.74. The Bertz CT molecular complexity index is 1470. The molecule has 0 saturated carbocycles. The van der Waals surface area contributed by atoms with Crippen LogP contribution < -0.4 is 24.4 Å². The highest BCUT2D eigenvalue weighted by molar-refractivity contribution is 6.32. The van der Waals surface area contributed by atoms with Crippen LogP contribution in [0, 0.1) is 5.82 Å². The normalized spacial score (nSPS) is 10.6. The van der Waals surface area contributed by atoms with E-state index >= 15 is 0 Å². The van der Waals surface area contributed by atoms with Crippen LogP contribution in [0.3, 0.4) is 0 Å². The molecule has 0 aliphatic carbocycles. The zero-order valence-corrected chi connectivity index (χ0v) is 20.9. The number of benzene rings is 2. The van der Waals surface area contributed by atoms with Gasteiger partial charge in [-0.05, 0) is 48.5 Å². The van der Waals surface area contributed by atoms with Crippen molar-refractivity contribution in [3.8, 4) is 23.1 Å². The van der Waals surface area contributed by atoms with Crippen LogP contribution in [-0.4, -0.2) is 43.0 Å². The number of hydrogen-bond donors (Lipinski definition) is 1. The van der Waals surface area contributed by atoms with Gasteiger partial charge in [-0.3, -0.25) is 14.6 Å². The van der Waals surface area contributed by atoms with Crippen LogP contribution in [0.2, 0.25) is 5.02 Å². The van der Waals surface area contributed by atoms with Gasteiger partial charge in [0.25, 0.3) is 0 Å². The van der Waals surface area contributed by atoms with Crippen LogP contribution in [0.4, 0.5) is 15.8 Å². The van der Waals surface area contributed by atoms with Crippen LogP contribution in [-0.2, 0) is 9.59 Å². The second-order valence-corrected chi connectivity index (χ2v) is 8.18. The van der Waals surface area contributed by atoms with Crippen LogP contribution in [0.15, 0.2) is 60.9 Å². The Morgan fingerprint density at radius 2 is 1.78 bits per heavy atom. The van der Waals surface area contributed by atoms with Gasteiger partial charge in [-0.2, -0.15) is 0 Å². The highest BCUT2D eigenvalue weighted by Crippen LogP contribution is 2.39. The average Bonchev–Trinajstić information content (AvgIpc) is 2.89. The lowest BCUT2D eigenvalue weighted by atomic mass is 10.1. The van der Waals surface area contributed by atoms with Crippen molar-refractivity contribution in [3.05, 3.63) is 71.8 Å². The van der Waals surface area contributed by atoms with Gasteiger partial charge in [0.2, 0.25) is 17.7 Å². The molecule has 4 aromatic rings. The molecule has 2 amide bonds. The number of ether oxygens (including phenoxy) is 3. The predicted octanol–water partition coefficient (Wildman–Crippen LogP) is 5.22. The summed E-state index contributed by atoms with van der Waals surface area (Å²) in [7, 11) is 4.56. The Labute approximate surface area is 216 Å². The molecule has 0 aliphatic heterocycles. The summed E-state index contributed by atoms with van der Waals surface area (Å²) in [6, 6.07) is 12.0. The number of methoxy groups -OCH3 is 2. The average molecular weight is 525 g/mol. The van der Waals surface area contributed by atoms with E-state index in [1.807, 2.05) is 0 Å². The molecule has 11 heteroatoms. The van der Waals surface area contributed by atoms with Crippen LogP contribution in [0.5, 0.6) is 23.1 Å². The third kappa shape index (κ3) is 5.70. The zero-order valence-electron chi connectivity index (χ0n) is 20.1. The Hall–Kier alpha value is -4.44. The van der Waals surface area contributed by atoms with Crippen molar-refractivity contribution in [3.63, 3.8) is 0 Å². The molecule has 0 atom stereocenters. The summed E-state index contributed by atoms with van der Waals surface area (Å²) in [5.41, 5.74) is 1.28. The van der Waals surface area contributed by atoms with Crippen molar-refractivity contribution in [1.82, 2.24) is 9.97 Å². The summed E-state index contributed by atoms with van der Waals surface area (Å²) in [4.78, 5) is 34.7. The first kappa shape index (κ1) is 25.6. The van der Waals surface area contributed by atoms with E-state index in [4.69, 9.17) is 25.8 Å². The van der Waals surface area contributed by atoms with Crippen LogP contribution >= 0.6 is 11.6 Å². The van der Waals surface area contributed by atoms with Crippen molar-refractivity contribution in [2.45, 2.75) is 6.42 Å². The van der Waals surface area contributed by atoms with Gasteiger partial charge >= 0.3 is 0 Å². The van der Waals surface area contributed by atoms with Gasteiger partial charge in [0.1, 0.15) is 28.5 Å². The Morgan fingerprint density at radius 3 is 2.46 bits per heavy atom. The minimum atomic E-state index is -0.563. The molecule has 0 unspecified atom stereocenters. The summed E-state index contributed by atoms with van der Waals surface area (Å²) in [6.45, 7) is 0. The maximum absolute atomic E-state index is 13.1. The van der Waals surface area contributed by atoms with Gasteiger partial charge < -0.3 is 24.4 Å². The monoisotopic (exact) mass is 524 g/mol. The first-order chi connectivity index (χ1) is 17.8. The summed E-state index contributed by atoms with van der Waals surface area (Å²) >= 11 is 6.36. The topological polar surface area (TPSA) is 103 Å². The predicted molar refractivity (Wildman–Crippen MR) is 137 cm³/mol. The number of nitrogens with one attached hydrogen (secondary N) is 1. The fraction of sp³-hybridized carbons (Fsp3) is 0.154. The van der Waals surface area contributed by atoms with Gasteiger partial charge in [0, 0.05) is 24.3 Å². The third-order valence-electron chi connectivity index (χ3n) is 5.41.